The lowest BCUT2D eigenvalue weighted by atomic mass is 9.76. The highest BCUT2D eigenvalue weighted by molar-refractivity contribution is 5.99. The number of hydrogen-bond donors (Lipinski definition) is 2. The highest BCUT2D eigenvalue weighted by Gasteiger charge is 2.51. The molecule has 0 saturated carbocycles. The number of carbonyl (C=O) groups excluding carboxylic acids is 2. The van der Waals surface area contributed by atoms with Crippen LogP contribution < -0.4 is 15.4 Å². The van der Waals surface area contributed by atoms with E-state index in [2.05, 4.69) is 15.6 Å². The van der Waals surface area contributed by atoms with Crippen molar-refractivity contribution in [3.05, 3.63) is 83.8 Å². The second-order valence-electron chi connectivity index (χ2n) is 9.10. The molecule has 0 aliphatic carbocycles. The molecular formula is C27H27FN4O3. The Bertz CT molecular complexity index is 1250. The van der Waals surface area contributed by atoms with Crippen molar-refractivity contribution in [3.8, 4) is 5.75 Å². The Morgan fingerprint density at radius 1 is 1.20 bits per heavy atom. The number of hydrogen-bond acceptors (Lipinski definition) is 5. The standard InChI is InChI=1S/C27H27FN4O3/c1-35-21-11-9-20(10-12-21)30-25-22(7-4-14-29-25)26(34)32-16-23(18-5-2-6-19(28)15-18)27(17-32)13-3-8-24(33)31-27/h2,4-7,9-12,14-15,23H,3,8,13,16-17H2,1H3,(H,29,30)(H,31,33)/t23-,27+/m0/s1. The number of carbonyl (C=O) groups is 2. The number of benzene rings is 2. The molecule has 5 rings (SSSR count). The SMILES string of the molecule is COc1ccc(Nc2ncccc2C(=O)N2C[C@@H](c3cccc(F)c3)[C@@]3(CCCC(=O)N3)C2)cc1. The summed E-state index contributed by atoms with van der Waals surface area (Å²) in [5.41, 5.74) is 1.37. The van der Waals surface area contributed by atoms with Crippen LogP contribution >= 0.6 is 0 Å². The van der Waals surface area contributed by atoms with Crippen LogP contribution in [0.4, 0.5) is 15.9 Å². The lowest BCUT2D eigenvalue weighted by molar-refractivity contribution is -0.125. The van der Waals surface area contributed by atoms with Crippen LogP contribution in [0.3, 0.4) is 0 Å². The summed E-state index contributed by atoms with van der Waals surface area (Å²) in [5.74, 6) is 0.415. The van der Waals surface area contributed by atoms with E-state index in [1.165, 1.54) is 12.1 Å². The van der Waals surface area contributed by atoms with Crippen molar-refractivity contribution in [2.45, 2.75) is 30.7 Å². The fourth-order valence-corrected chi connectivity index (χ4v) is 5.22. The number of aromatic nitrogens is 1. The predicted molar refractivity (Wildman–Crippen MR) is 130 cm³/mol. The number of nitrogens with zero attached hydrogens (tertiary/aromatic N) is 2. The van der Waals surface area contributed by atoms with E-state index < -0.39 is 5.54 Å². The molecule has 35 heavy (non-hydrogen) atoms. The van der Waals surface area contributed by atoms with Crippen molar-refractivity contribution in [3.63, 3.8) is 0 Å². The summed E-state index contributed by atoms with van der Waals surface area (Å²) in [5, 5.41) is 6.39. The van der Waals surface area contributed by atoms with Crippen LogP contribution in [-0.4, -0.2) is 47.4 Å². The molecule has 2 fully saturated rings. The number of amides is 2. The number of methoxy groups -OCH3 is 1. The third-order valence-corrected chi connectivity index (χ3v) is 6.89. The predicted octanol–water partition coefficient (Wildman–Crippen LogP) is 4.25. The molecule has 180 valence electrons. The van der Waals surface area contributed by atoms with Gasteiger partial charge in [-0.05, 0) is 66.9 Å². The summed E-state index contributed by atoms with van der Waals surface area (Å²) in [4.78, 5) is 32.3. The van der Waals surface area contributed by atoms with Gasteiger partial charge in [0.1, 0.15) is 17.4 Å². The Labute approximate surface area is 203 Å². The van der Waals surface area contributed by atoms with Crippen LogP contribution in [0.2, 0.25) is 0 Å². The zero-order chi connectivity index (χ0) is 24.4. The van der Waals surface area contributed by atoms with Gasteiger partial charge >= 0.3 is 0 Å². The number of likely N-dealkylation sites (tertiary alicyclic amines) is 1. The normalized spacial score (nSPS) is 21.6. The molecule has 2 aliphatic rings. The van der Waals surface area contributed by atoms with Crippen molar-refractivity contribution in [1.82, 2.24) is 15.2 Å². The molecule has 2 saturated heterocycles. The van der Waals surface area contributed by atoms with E-state index in [9.17, 15) is 14.0 Å². The molecular weight excluding hydrogens is 447 g/mol. The second kappa shape index (κ2) is 9.37. The van der Waals surface area contributed by atoms with Gasteiger partial charge in [-0.3, -0.25) is 9.59 Å². The van der Waals surface area contributed by atoms with Gasteiger partial charge in [-0.2, -0.15) is 0 Å². The smallest absolute Gasteiger partial charge is 0.257 e. The Hall–Kier alpha value is -3.94. The average Bonchev–Trinajstić information content (AvgIpc) is 3.22. The molecule has 7 nitrogen and oxygen atoms in total. The largest absolute Gasteiger partial charge is 0.497 e. The van der Waals surface area contributed by atoms with Gasteiger partial charge in [0.15, 0.2) is 0 Å². The minimum absolute atomic E-state index is 0.0322. The van der Waals surface area contributed by atoms with Gasteiger partial charge in [-0.25, -0.2) is 9.37 Å². The van der Waals surface area contributed by atoms with E-state index in [1.807, 2.05) is 30.3 Å². The summed E-state index contributed by atoms with van der Waals surface area (Å²) in [6, 6.07) is 17.3. The lowest BCUT2D eigenvalue weighted by Gasteiger charge is -2.39. The molecule has 2 atom stereocenters. The average molecular weight is 475 g/mol. The van der Waals surface area contributed by atoms with Gasteiger partial charge in [0.05, 0.1) is 18.2 Å². The summed E-state index contributed by atoms with van der Waals surface area (Å²) in [6.45, 7) is 0.731. The third-order valence-electron chi connectivity index (χ3n) is 6.89. The maximum absolute atomic E-state index is 14.1. The molecule has 1 spiro atoms. The summed E-state index contributed by atoms with van der Waals surface area (Å²) < 4.78 is 19.3. The van der Waals surface area contributed by atoms with Crippen LogP contribution in [0.15, 0.2) is 66.9 Å². The maximum atomic E-state index is 14.1. The van der Waals surface area contributed by atoms with Crippen LogP contribution in [0.1, 0.15) is 41.1 Å². The number of nitrogens with one attached hydrogen (secondary N) is 2. The van der Waals surface area contributed by atoms with Crippen LogP contribution in [0.5, 0.6) is 5.75 Å². The van der Waals surface area contributed by atoms with E-state index in [1.54, 1.807) is 36.4 Å². The molecule has 1 aromatic heterocycles. The Balaban J connectivity index is 1.44. The highest BCUT2D eigenvalue weighted by atomic mass is 19.1. The second-order valence-corrected chi connectivity index (χ2v) is 9.10. The molecule has 3 aromatic rings. The number of ether oxygens (including phenoxy) is 1. The first kappa shape index (κ1) is 22.8. The zero-order valence-electron chi connectivity index (χ0n) is 19.5. The molecule has 2 amide bonds. The van der Waals surface area contributed by atoms with Crippen molar-refractivity contribution < 1.29 is 18.7 Å². The quantitative estimate of drug-likeness (QED) is 0.578. The first-order valence-electron chi connectivity index (χ1n) is 11.7. The van der Waals surface area contributed by atoms with E-state index in [-0.39, 0.29) is 23.5 Å². The minimum atomic E-state index is -0.620. The first-order chi connectivity index (χ1) is 17.0. The molecule has 8 heteroatoms. The van der Waals surface area contributed by atoms with Gasteiger partial charge < -0.3 is 20.3 Å². The molecule has 2 aliphatic heterocycles. The topological polar surface area (TPSA) is 83.6 Å². The van der Waals surface area contributed by atoms with Gasteiger partial charge in [0.25, 0.3) is 5.91 Å². The monoisotopic (exact) mass is 474 g/mol. The van der Waals surface area contributed by atoms with Gasteiger partial charge in [-0.15, -0.1) is 0 Å². The number of halogens is 1. The molecule has 0 radical (unpaired) electrons. The van der Waals surface area contributed by atoms with Crippen LogP contribution in [0.25, 0.3) is 0 Å². The first-order valence-corrected chi connectivity index (χ1v) is 11.7. The number of piperidine rings is 1. The minimum Gasteiger partial charge on any atom is -0.497 e. The third kappa shape index (κ3) is 4.56. The fraction of sp³-hybridized carbons (Fsp3) is 0.296. The molecule has 3 heterocycles. The Morgan fingerprint density at radius 3 is 2.77 bits per heavy atom. The van der Waals surface area contributed by atoms with Gasteiger partial charge in [0, 0.05) is 37.3 Å². The van der Waals surface area contributed by atoms with Crippen molar-refractivity contribution in [2.75, 3.05) is 25.5 Å². The molecule has 0 unspecified atom stereocenters. The Kier molecular flexibility index (Phi) is 6.11. The van der Waals surface area contributed by atoms with Crippen molar-refractivity contribution in [1.29, 1.82) is 0 Å². The van der Waals surface area contributed by atoms with Crippen molar-refractivity contribution in [2.24, 2.45) is 0 Å². The summed E-state index contributed by atoms with van der Waals surface area (Å²) in [7, 11) is 1.60. The fourth-order valence-electron chi connectivity index (χ4n) is 5.22. The number of rotatable bonds is 5. The van der Waals surface area contributed by atoms with E-state index >= 15 is 0 Å². The maximum Gasteiger partial charge on any atom is 0.257 e. The molecule has 2 N–H and O–H groups in total. The summed E-state index contributed by atoms with van der Waals surface area (Å²) >= 11 is 0. The van der Waals surface area contributed by atoms with E-state index in [4.69, 9.17) is 4.74 Å². The van der Waals surface area contributed by atoms with Crippen LogP contribution in [0, 0.1) is 5.82 Å². The molecule has 2 aromatic carbocycles. The van der Waals surface area contributed by atoms with Gasteiger partial charge in [-0.1, -0.05) is 12.1 Å². The number of pyridine rings is 1. The van der Waals surface area contributed by atoms with Gasteiger partial charge in [0.2, 0.25) is 5.91 Å². The van der Waals surface area contributed by atoms with E-state index in [0.29, 0.717) is 30.9 Å². The lowest BCUT2D eigenvalue weighted by Crippen LogP contribution is -2.56. The van der Waals surface area contributed by atoms with Crippen LogP contribution in [-0.2, 0) is 4.79 Å². The highest BCUT2D eigenvalue weighted by Crippen LogP contribution is 2.42. The zero-order valence-corrected chi connectivity index (χ0v) is 19.5. The summed E-state index contributed by atoms with van der Waals surface area (Å²) in [6.07, 6.45) is 3.56. The number of anilines is 2. The Morgan fingerprint density at radius 2 is 2.03 bits per heavy atom. The van der Waals surface area contributed by atoms with E-state index in [0.717, 1.165) is 29.8 Å². The molecule has 0 bridgehead atoms. The van der Waals surface area contributed by atoms with Crippen molar-refractivity contribution >= 4 is 23.3 Å².